The molecule has 5 rings (SSSR count). The first-order valence-corrected chi connectivity index (χ1v) is 12.3. The molecule has 0 saturated heterocycles. The Morgan fingerprint density at radius 3 is 2.33 bits per heavy atom. The third-order valence-electron chi connectivity index (χ3n) is 8.18. The van der Waals surface area contributed by atoms with Crippen LogP contribution in [0.1, 0.15) is 76.5 Å². The Morgan fingerprint density at radius 2 is 1.81 bits per heavy atom. The van der Waals surface area contributed by atoms with Crippen LogP contribution in [-0.4, -0.2) is 41.3 Å². The van der Waals surface area contributed by atoms with Gasteiger partial charge in [-0.25, -0.2) is 4.79 Å². The van der Waals surface area contributed by atoms with Crippen molar-refractivity contribution in [3.05, 3.63) is 46.7 Å². The van der Waals surface area contributed by atoms with Crippen molar-refractivity contribution in [3.8, 4) is 0 Å². The summed E-state index contributed by atoms with van der Waals surface area (Å²) in [6.07, 6.45) is -0.359. The Hall–Kier alpha value is -2.55. The molecular weight excluding hydrogens is 473 g/mol. The molecule has 3 fully saturated rings. The van der Waals surface area contributed by atoms with E-state index in [-0.39, 0.29) is 11.0 Å². The molecule has 2 N–H and O–H groups in total. The molecule has 1 aromatic rings. The minimum atomic E-state index is -4.53. The van der Waals surface area contributed by atoms with Crippen molar-refractivity contribution in [2.45, 2.75) is 83.5 Å². The topological polar surface area (TPSA) is 78.9 Å². The van der Waals surface area contributed by atoms with Crippen LogP contribution in [0.5, 0.6) is 0 Å². The van der Waals surface area contributed by atoms with Crippen LogP contribution in [0.2, 0.25) is 0 Å². The first kappa shape index (κ1) is 26.5. The van der Waals surface area contributed by atoms with E-state index >= 15 is 0 Å². The lowest BCUT2D eigenvalue weighted by atomic mass is 9.38. The summed E-state index contributed by atoms with van der Waals surface area (Å²) in [5.41, 5.74) is -1.95. The van der Waals surface area contributed by atoms with Crippen molar-refractivity contribution in [2.24, 2.45) is 10.8 Å². The van der Waals surface area contributed by atoms with Crippen LogP contribution in [0.15, 0.2) is 30.0 Å². The number of carboxylic acids is 1. The highest BCUT2D eigenvalue weighted by atomic mass is 19.4. The predicted octanol–water partition coefficient (Wildman–Crippen LogP) is 5.85. The molecule has 198 valence electrons. The van der Waals surface area contributed by atoms with Gasteiger partial charge in [0.25, 0.3) is 0 Å². The van der Waals surface area contributed by atoms with E-state index < -0.39 is 40.2 Å². The number of amides is 2. The van der Waals surface area contributed by atoms with Gasteiger partial charge in [-0.2, -0.15) is 13.2 Å². The number of carbonyl (C=O) groups excluding carboxylic acids is 1. The van der Waals surface area contributed by atoms with E-state index in [0.29, 0.717) is 56.3 Å². The lowest BCUT2D eigenvalue weighted by Crippen LogP contribution is -2.78. The number of nitrogens with zero attached hydrogens (tertiary/aromatic N) is 1. The number of benzene rings is 1. The van der Waals surface area contributed by atoms with Gasteiger partial charge in [0.05, 0.1) is 28.7 Å². The third-order valence-corrected chi connectivity index (χ3v) is 8.18. The maximum absolute atomic E-state index is 14.1. The Labute approximate surface area is 209 Å². The van der Waals surface area contributed by atoms with Gasteiger partial charge < -0.3 is 15.2 Å². The summed E-state index contributed by atoms with van der Waals surface area (Å²) in [6, 6.07) is 3.93. The number of rotatable bonds is 8. The molecule has 0 aromatic heterocycles. The molecule has 36 heavy (non-hydrogen) atoms. The van der Waals surface area contributed by atoms with Gasteiger partial charge in [0.1, 0.15) is 0 Å². The first-order chi connectivity index (χ1) is 16.6. The molecule has 1 aliphatic heterocycles. The van der Waals surface area contributed by atoms with Crippen LogP contribution in [0.3, 0.4) is 0 Å². The van der Waals surface area contributed by atoms with Crippen LogP contribution >= 0.6 is 0 Å². The van der Waals surface area contributed by atoms with Crippen molar-refractivity contribution in [1.29, 1.82) is 0 Å². The predicted molar refractivity (Wildman–Crippen MR) is 128 cm³/mol. The SMILES string of the molecule is COCCC1=CN(C23CC(C(=O)O)(C2)C3)C(=O)N[C@@]1(C)c1ccc(CCC(C)(C)C)c(C(F)(F)F)c1. The second kappa shape index (κ2) is 8.50. The Morgan fingerprint density at radius 1 is 1.17 bits per heavy atom. The van der Waals surface area contributed by atoms with E-state index in [1.807, 2.05) is 20.8 Å². The maximum Gasteiger partial charge on any atom is 0.416 e. The molecule has 9 heteroatoms. The number of carbonyl (C=O) groups is 2. The molecule has 3 saturated carbocycles. The zero-order valence-corrected chi connectivity index (χ0v) is 21.5. The Bertz CT molecular complexity index is 1090. The largest absolute Gasteiger partial charge is 0.481 e. The maximum atomic E-state index is 14.1. The molecule has 0 spiro atoms. The monoisotopic (exact) mass is 508 g/mol. The van der Waals surface area contributed by atoms with E-state index in [1.54, 1.807) is 31.2 Å². The van der Waals surface area contributed by atoms with Crippen molar-refractivity contribution in [3.63, 3.8) is 0 Å². The van der Waals surface area contributed by atoms with Gasteiger partial charge in [-0.3, -0.25) is 9.69 Å². The number of alkyl halides is 3. The van der Waals surface area contributed by atoms with Gasteiger partial charge in [-0.05, 0) is 73.6 Å². The van der Waals surface area contributed by atoms with Crippen molar-refractivity contribution < 1.29 is 32.6 Å². The van der Waals surface area contributed by atoms with Gasteiger partial charge in [0, 0.05) is 13.3 Å². The fraction of sp³-hybridized carbons (Fsp3) is 0.630. The Balaban J connectivity index is 1.70. The quantitative estimate of drug-likeness (QED) is 0.462. The highest BCUT2D eigenvalue weighted by Crippen LogP contribution is 2.70. The van der Waals surface area contributed by atoms with E-state index in [2.05, 4.69) is 5.32 Å². The zero-order valence-electron chi connectivity index (χ0n) is 21.5. The van der Waals surface area contributed by atoms with Crippen LogP contribution in [0.25, 0.3) is 0 Å². The van der Waals surface area contributed by atoms with Crippen LogP contribution in [0, 0.1) is 10.8 Å². The smallest absolute Gasteiger partial charge is 0.416 e. The van der Waals surface area contributed by atoms with E-state index in [4.69, 9.17) is 4.74 Å². The van der Waals surface area contributed by atoms with Crippen LogP contribution in [0.4, 0.5) is 18.0 Å². The standard InChI is InChI=1S/C27H35F3N2O4/c1-23(2,3)10-8-17-6-7-18(12-20(17)27(28,29)30)24(4)19(9-11-36-5)13-32(22(35)31-24)26-14-25(15-26,16-26)21(33)34/h6-7,12-13H,8-11,14-16H2,1-5H3,(H,31,35)(H,33,34)/t24-,25?,26?/m0/s1. The molecule has 1 atom stereocenters. The Kier molecular flexibility index (Phi) is 6.26. The fourth-order valence-electron chi connectivity index (χ4n) is 5.93. The highest BCUT2D eigenvalue weighted by Gasteiger charge is 2.75. The first-order valence-electron chi connectivity index (χ1n) is 12.3. The summed E-state index contributed by atoms with van der Waals surface area (Å²) in [5.74, 6) is -0.846. The van der Waals surface area contributed by atoms with E-state index in [9.17, 15) is 27.9 Å². The third kappa shape index (κ3) is 4.40. The number of carboxylic acid groups (broad SMARTS) is 1. The molecular formula is C27H35F3N2O4. The lowest BCUT2D eigenvalue weighted by molar-refractivity contribution is -0.215. The van der Waals surface area contributed by atoms with Gasteiger partial charge >= 0.3 is 18.2 Å². The molecule has 0 unspecified atom stereocenters. The van der Waals surface area contributed by atoms with Crippen LogP contribution < -0.4 is 5.32 Å². The number of hydrogen-bond acceptors (Lipinski definition) is 3. The van der Waals surface area contributed by atoms with Crippen molar-refractivity contribution in [1.82, 2.24) is 10.2 Å². The average molecular weight is 509 g/mol. The summed E-state index contributed by atoms with van der Waals surface area (Å²) in [6.45, 7) is 8.03. The molecule has 4 aliphatic rings. The summed E-state index contributed by atoms with van der Waals surface area (Å²) in [4.78, 5) is 26.4. The lowest BCUT2D eigenvalue weighted by Gasteiger charge is -2.71. The minimum absolute atomic E-state index is 0.106. The summed E-state index contributed by atoms with van der Waals surface area (Å²) in [5, 5.41) is 12.4. The molecule has 2 amide bonds. The fourth-order valence-corrected chi connectivity index (χ4v) is 5.93. The summed E-state index contributed by atoms with van der Waals surface area (Å²) >= 11 is 0. The second-order valence-corrected chi connectivity index (χ2v) is 12.1. The van der Waals surface area contributed by atoms with E-state index in [1.165, 1.54) is 6.07 Å². The van der Waals surface area contributed by atoms with E-state index in [0.717, 1.165) is 6.07 Å². The van der Waals surface area contributed by atoms with Gasteiger partial charge in [0.15, 0.2) is 0 Å². The highest BCUT2D eigenvalue weighted by molar-refractivity contribution is 5.85. The van der Waals surface area contributed by atoms with Crippen LogP contribution in [-0.2, 0) is 27.7 Å². The molecule has 1 heterocycles. The van der Waals surface area contributed by atoms with Crippen molar-refractivity contribution in [2.75, 3.05) is 13.7 Å². The second-order valence-electron chi connectivity index (χ2n) is 12.1. The number of hydrogen-bond donors (Lipinski definition) is 2. The number of urea groups is 1. The minimum Gasteiger partial charge on any atom is -0.481 e. The number of methoxy groups -OCH3 is 1. The molecule has 2 bridgehead atoms. The molecule has 6 nitrogen and oxygen atoms in total. The normalized spacial score (nSPS) is 29.7. The average Bonchev–Trinajstić information content (AvgIpc) is 2.69. The number of ether oxygens (including phenoxy) is 1. The number of nitrogens with one attached hydrogen (secondary N) is 1. The van der Waals surface area contributed by atoms with Gasteiger partial charge in [-0.1, -0.05) is 32.9 Å². The molecule has 1 aromatic carbocycles. The summed E-state index contributed by atoms with van der Waals surface area (Å²) < 4.78 is 47.6. The zero-order chi connectivity index (χ0) is 26.7. The van der Waals surface area contributed by atoms with Crippen molar-refractivity contribution >= 4 is 12.0 Å². The van der Waals surface area contributed by atoms with Gasteiger partial charge in [-0.15, -0.1) is 0 Å². The number of aliphatic carboxylic acids is 1. The molecule has 3 aliphatic carbocycles. The van der Waals surface area contributed by atoms with Gasteiger partial charge in [0.2, 0.25) is 0 Å². The summed E-state index contributed by atoms with van der Waals surface area (Å²) in [7, 11) is 1.54. The number of halogens is 3. The number of aryl methyl sites for hydroxylation is 1. The molecule has 0 radical (unpaired) electrons.